The van der Waals surface area contributed by atoms with Crippen molar-refractivity contribution in [3.8, 4) is 5.75 Å². The maximum Gasteiger partial charge on any atom is 0.263 e. The van der Waals surface area contributed by atoms with Crippen molar-refractivity contribution in [2.75, 3.05) is 19.6 Å². The zero-order chi connectivity index (χ0) is 15.2. The van der Waals surface area contributed by atoms with Crippen LogP contribution in [-0.4, -0.2) is 41.5 Å². The molecule has 116 valence electrons. The number of nitrogens with two attached hydrogens (primary N) is 1. The molecular weight excluding hydrogens is 266 g/mol. The van der Waals surface area contributed by atoms with Gasteiger partial charge in [-0.2, -0.15) is 0 Å². The number of pyridine rings is 1. The third-order valence-electron chi connectivity index (χ3n) is 3.77. The Kier molecular flexibility index (Phi) is 5.56. The fourth-order valence-corrected chi connectivity index (χ4v) is 2.63. The Morgan fingerprint density at radius 3 is 2.76 bits per heavy atom. The predicted octanol–water partition coefficient (Wildman–Crippen LogP) is 1.67. The maximum atomic E-state index is 12.4. The van der Waals surface area contributed by atoms with Crippen molar-refractivity contribution in [2.24, 2.45) is 5.73 Å². The topological polar surface area (TPSA) is 68.5 Å². The average Bonchev–Trinajstić information content (AvgIpc) is 2.50. The normalized spacial score (nSPS) is 16.6. The average molecular weight is 291 g/mol. The molecule has 1 unspecified atom stereocenters. The summed E-state index contributed by atoms with van der Waals surface area (Å²) in [7, 11) is 0. The van der Waals surface area contributed by atoms with E-state index in [1.54, 1.807) is 0 Å². The highest BCUT2D eigenvalue weighted by molar-refractivity contribution is 5.81. The second kappa shape index (κ2) is 7.41. The molecular formula is C16H25N3O2. The fraction of sp³-hybridized carbons (Fsp3) is 0.625. The summed E-state index contributed by atoms with van der Waals surface area (Å²) in [6.45, 7) is 5.94. The second-order valence-corrected chi connectivity index (χ2v) is 5.58. The lowest BCUT2D eigenvalue weighted by Gasteiger charge is -2.29. The van der Waals surface area contributed by atoms with E-state index in [1.165, 1.54) is 6.42 Å². The summed E-state index contributed by atoms with van der Waals surface area (Å²) in [5.41, 5.74) is 7.38. The van der Waals surface area contributed by atoms with Crippen LogP contribution in [0, 0.1) is 6.92 Å². The standard InChI is InChI=1S/C16H25N3O2/c1-12-6-7-15(14(18-12)8-9-17)21-13(2)16(20)19-10-4-3-5-11-19/h6-7,13H,3-5,8-11,17H2,1-2H3. The molecule has 2 rings (SSSR count). The lowest BCUT2D eigenvalue weighted by atomic mass is 10.1. The van der Waals surface area contributed by atoms with E-state index in [0.717, 1.165) is 37.3 Å². The molecule has 0 aromatic carbocycles. The van der Waals surface area contributed by atoms with Crippen LogP contribution >= 0.6 is 0 Å². The molecule has 0 saturated carbocycles. The van der Waals surface area contributed by atoms with Gasteiger partial charge in [-0.25, -0.2) is 0 Å². The highest BCUT2D eigenvalue weighted by Gasteiger charge is 2.24. The van der Waals surface area contributed by atoms with Gasteiger partial charge in [0, 0.05) is 25.2 Å². The van der Waals surface area contributed by atoms with Crippen LogP contribution < -0.4 is 10.5 Å². The van der Waals surface area contributed by atoms with Gasteiger partial charge in [-0.1, -0.05) is 0 Å². The van der Waals surface area contributed by atoms with Gasteiger partial charge in [-0.15, -0.1) is 0 Å². The van der Waals surface area contributed by atoms with Crippen LogP contribution in [0.5, 0.6) is 5.75 Å². The van der Waals surface area contributed by atoms with Crippen LogP contribution in [0.25, 0.3) is 0 Å². The predicted molar refractivity (Wildman–Crippen MR) is 82.3 cm³/mol. The van der Waals surface area contributed by atoms with Crippen LogP contribution in [0.4, 0.5) is 0 Å². The first-order chi connectivity index (χ1) is 10.1. The number of carbonyl (C=O) groups excluding carboxylic acids is 1. The Morgan fingerprint density at radius 2 is 2.10 bits per heavy atom. The Balaban J connectivity index is 2.04. The molecule has 21 heavy (non-hydrogen) atoms. The number of aromatic nitrogens is 1. The monoisotopic (exact) mass is 291 g/mol. The van der Waals surface area contributed by atoms with Crippen molar-refractivity contribution in [1.82, 2.24) is 9.88 Å². The quantitative estimate of drug-likeness (QED) is 0.896. The maximum absolute atomic E-state index is 12.4. The minimum Gasteiger partial charge on any atom is -0.479 e. The van der Waals surface area contributed by atoms with Crippen LogP contribution in [-0.2, 0) is 11.2 Å². The number of amides is 1. The summed E-state index contributed by atoms with van der Waals surface area (Å²) in [4.78, 5) is 18.8. The van der Waals surface area contributed by atoms with Gasteiger partial charge in [0.2, 0.25) is 0 Å². The summed E-state index contributed by atoms with van der Waals surface area (Å²) in [6, 6.07) is 3.78. The first kappa shape index (κ1) is 15.8. The van der Waals surface area contributed by atoms with Crippen LogP contribution in [0.2, 0.25) is 0 Å². The number of rotatable bonds is 5. The Bertz CT molecular complexity index is 484. The van der Waals surface area contributed by atoms with Crippen molar-refractivity contribution >= 4 is 5.91 Å². The van der Waals surface area contributed by atoms with Crippen molar-refractivity contribution in [2.45, 2.75) is 45.6 Å². The van der Waals surface area contributed by atoms with E-state index in [9.17, 15) is 4.79 Å². The Hall–Kier alpha value is -1.62. The van der Waals surface area contributed by atoms with E-state index in [1.807, 2.05) is 30.9 Å². The minimum absolute atomic E-state index is 0.0639. The van der Waals surface area contributed by atoms with Crippen LogP contribution in [0.15, 0.2) is 12.1 Å². The zero-order valence-corrected chi connectivity index (χ0v) is 13.0. The number of hydrogen-bond donors (Lipinski definition) is 1. The highest BCUT2D eigenvalue weighted by atomic mass is 16.5. The molecule has 0 spiro atoms. The highest BCUT2D eigenvalue weighted by Crippen LogP contribution is 2.20. The van der Waals surface area contributed by atoms with Gasteiger partial charge in [-0.3, -0.25) is 9.78 Å². The summed E-state index contributed by atoms with van der Waals surface area (Å²) >= 11 is 0. The van der Waals surface area contributed by atoms with E-state index < -0.39 is 6.10 Å². The third-order valence-corrected chi connectivity index (χ3v) is 3.77. The van der Waals surface area contributed by atoms with Gasteiger partial charge < -0.3 is 15.4 Å². The molecule has 2 heterocycles. The molecule has 1 aliphatic heterocycles. The van der Waals surface area contributed by atoms with Gasteiger partial charge in [0.1, 0.15) is 5.75 Å². The SMILES string of the molecule is Cc1ccc(OC(C)C(=O)N2CCCCC2)c(CCN)n1. The lowest BCUT2D eigenvalue weighted by molar-refractivity contribution is -0.138. The molecule has 1 aromatic heterocycles. The van der Waals surface area contributed by atoms with Gasteiger partial charge in [-0.05, 0) is 51.8 Å². The van der Waals surface area contributed by atoms with Crippen molar-refractivity contribution in [1.29, 1.82) is 0 Å². The number of aryl methyl sites for hydroxylation is 1. The molecule has 0 aliphatic carbocycles. The molecule has 2 N–H and O–H groups in total. The first-order valence-electron chi connectivity index (χ1n) is 7.74. The molecule has 1 aromatic rings. The van der Waals surface area contributed by atoms with E-state index in [4.69, 9.17) is 10.5 Å². The molecule has 1 fully saturated rings. The number of likely N-dealkylation sites (tertiary alicyclic amines) is 1. The summed E-state index contributed by atoms with van der Waals surface area (Å²) in [5, 5.41) is 0. The van der Waals surface area contributed by atoms with Crippen molar-refractivity contribution in [3.05, 3.63) is 23.5 Å². The molecule has 1 aliphatic rings. The molecule has 0 bridgehead atoms. The fourth-order valence-electron chi connectivity index (χ4n) is 2.63. The summed E-state index contributed by atoms with van der Waals surface area (Å²) in [5.74, 6) is 0.734. The molecule has 0 radical (unpaired) electrons. The molecule has 1 amide bonds. The number of carbonyl (C=O) groups is 1. The Morgan fingerprint density at radius 1 is 1.38 bits per heavy atom. The lowest BCUT2D eigenvalue weighted by Crippen LogP contribution is -2.43. The summed E-state index contributed by atoms with van der Waals surface area (Å²) in [6.07, 6.45) is 3.55. The van der Waals surface area contributed by atoms with E-state index in [-0.39, 0.29) is 5.91 Å². The molecule has 1 atom stereocenters. The van der Waals surface area contributed by atoms with Gasteiger partial charge >= 0.3 is 0 Å². The second-order valence-electron chi connectivity index (χ2n) is 5.58. The van der Waals surface area contributed by atoms with E-state index >= 15 is 0 Å². The van der Waals surface area contributed by atoms with E-state index in [0.29, 0.717) is 18.7 Å². The first-order valence-corrected chi connectivity index (χ1v) is 7.74. The number of piperidine rings is 1. The molecule has 1 saturated heterocycles. The largest absolute Gasteiger partial charge is 0.479 e. The van der Waals surface area contributed by atoms with Crippen LogP contribution in [0.3, 0.4) is 0 Å². The summed E-state index contributed by atoms with van der Waals surface area (Å²) < 4.78 is 5.86. The zero-order valence-electron chi connectivity index (χ0n) is 13.0. The number of ether oxygens (including phenoxy) is 1. The Labute approximate surface area is 126 Å². The van der Waals surface area contributed by atoms with Crippen molar-refractivity contribution < 1.29 is 9.53 Å². The third kappa shape index (κ3) is 4.17. The van der Waals surface area contributed by atoms with Gasteiger partial charge in [0.05, 0.1) is 5.69 Å². The number of hydrogen-bond acceptors (Lipinski definition) is 4. The number of nitrogens with zero attached hydrogens (tertiary/aromatic N) is 2. The van der Waals surface area contributed by atoms with Gasteiger partial charge in [0.15, 0.2) is 6.10 Å². The molecule has 5 nitrogen and oxygen atoms in total. The molecule has 5 heteroatoms. The smallest absolute Gasteiger partial charge is 0.263 e. The van der Waals surface area contributed by atoms with E-state index in [2.05, 4.69) is 4.98 Å². The minimum atomic E-state index is -0.482. The van der Waals surface area contributed by atoms with Gasteiger partial charge in [0.25, 0.3) is 5.91 Å². The van der Waals surface area contributed by atoms with Crippen LogP contribution in [0.1, 0.15) is 37.6 Å². The van der Waals surface area contributed by atoms with Crippen molar-refractivity contribution in [3.63, 3.8) is 0 Å².